The normalized spacial score (nSPS) is 11.8. The van der Waals surface area contributed by atoms with Gasteiger partial charge in [0.1, 0.15) is 5.75 Å². The summed E-state index contributed by atoms with van der Waals surface area (Å²) in [5.41, 5.74) is 7.25. The van der Waals surface area contributed by atoms with Gasteiger partial charge < -0.3 is 21.1 Å². The number of phenols is 1. The summed E-state index contributed by atoms with van der Waals surface area (Å²) in [7, 11) is 0. The van der Waals surface area contributed by atoms with Crippen LogP contribution in [0.25, 0.3) is 10.9 Å². The zero-order valence-corrected chi connectivity index (χ0v) is 11.4. The number of benzene rings is 1. The zero-order valence-electron chi connectivity index (χ0n) is 11.4. The molecule has 1 heterocycles. The number of rotatable bonds is 3. The van der Waals surface area contributed by atoms with Crippen LogP contribution >= 0.6 is 0 Å². The van der Waals surface area contributed by atoms with Crippen LogP contribution in [0.4, 0.5) is 0 Å². The third-order valence-corrected chi connectivity index (χ3v) is 2.93. The highest BCUT2D eigenvalue weighted by molar-refractivity contribution is 6.09. The Morgan fingerprint density at radius 3 is 2.79 bits per heavy atom. The molecule has 0 aliphatic rings. The van der Waals surface area contributed by atoms with E-state index in [-0.39, 0.29) is 11.7 Å². The number of carbonyl (C=O) groups is 1. The number of hydrogen-bond donors (Lipinski definition) is 4. The van der Waals surface area contributed by atoms with Gasteiger partial charge in [0.15, 0.2) is 0 Å². The fourth-order valence-electron chi connectivity index (χ4n) is 2.02. The van der Waals surface area contributed by atoms with E-state index in [1.165, 1.54) is 0 Å². The van der Waals surface area contributed by atoms with Gasteiger partial charge >= 0.3 is 0 Å². The van der Waals surface area contributed by atoms with Crippen LogP contribution in [-0.2, 0) is 0 Å². The third-order valence-electron chi connectivity index (χ3n) is 2.93. The number of aromatic amines is 1. The second-order valence-electron chi connectivity index (χ2n) is 5.50. The smallest absolute Gasteiger partial charge is 0.253 e. The highest BCUT2D eigenvalue weighted by Gasteiger charge is 2.19. The van der Waals surface area contributed by atoms with E-state index in [1.807, 2.05) is 20.8 Å². The largest absolute Gasteiger partial charge is 0.506 e. The van der Waals surface area contributed by atoms with Gasteiger partial charge in [-0.25, -0.2) is 0 Å². The summed E-state index contributed by atoms with van der Waals surface area (Å²) in [6, 6.07) is 5.11. The van der Waals surface area contributed by atoms with Crippen molar-refractivity contribution >= 4 is 16.8 Å². The van der Waals surface area contributed by atoms with Crippen LogP contribution in [0.15, 0.2) is 18.2 Å². The number of nitrogens with two attached hydrogens (primary N) is 1. The van der Waals surface area contributed by atoms with E-state index >= 15 is 0 Å². The number of nitrogens with one attached hydrogen (secondary N) is 2. The quantitative estimate of drug-likeness (QED) is 0.677. The summed E-state index contributed by atoms with van der Waals surface area (Å²) in [4.78, 5) is 15.3. The zero-order chi connectivity index (χ0) is 14.2. The molecule has 0 fully saturated rings. The summed E-state index contributed by atoms with van der Waals surface area (Å²) in [6.45, 7) is 5.89. The fourth-order valence-corrected chi connectivity index (χ4v) is 2.02. The number of carbonyl (C=O) groups excluding carboxylic acids is 1. The number of amides is 1. The molecule has 102 valence electrons. The Kier molecular flexibility index (Phi) is 3.24. The summed E-state index contributed by atoms with van der Waals surface area (Å²) >= 11 is 0. The molecule has 2 rings (SSSR count). The molecule has 2 aromatic rings. The predicted molar refractivity (Wildman–Crippen MR) is 75.3 cm³/mol. The van der Waals surface area contributed by atoms with Crippen LogP contribution < -0.4 is 11.1 Å². The van der Waals surface area contributed by atoms with Crippen molar-refractivity contribution in [1.82, 2.24) is 10.3 Å². The van der Waals surface area contributed by atoms with Crippen molar-refractivity contribution in [2.45, 2.75) is 26.3 Å². The molecule has 1 aromatic carbocycles. The molecule has 0 unspecified atom stereocenters. The lowest BCUT2D eigenvalue weighted by atomic mass is 10.1. The number of aromatic nitrogens is 1. The Labute approximate surface area is 111 Å². The average molecular weight is 261 g/mol. The molecule has 0 bridgehead atoms. The molecule has 0 atom stereocenters. The number of para-hydroxylation sites is 1. The Balaban J connectivity index is 2.37. The van der Waals surface area contributed by atoms with Gasteiger partial charge in [0, 0.05) is 23.2 Å². The number of aromatic hydroxyl groups is 1. The summed E-state index contributed by atoms with van der Waals surface area (Å²) < 4.78 is 0. The summed E-state index contributed by atoms with van der Waals surface area (Å²) in [5, 5.41) is 13.3. The van der Waals surface area contributed by atoms with Gasteiger partial charge in [0.05, 0.1) is 11.1 Å². The molecule has 1 aromatic heterocycles. The fraction of sp³-hybridized carbons (Fsp3) is 0.357. The first-order valence-corrected chi connectivity index (χ1v) is 6.17. The standard InChI is InChI=1S/C14H19N3O2/c1-8-11(13(19)16-7-14(2,3)15)9-5-4-6-10(18)12(9)17-8/h4-6,17-18H,7,15H2,1-3H3,(H,16,19). The highest BCUT2D eigenvalue weighted by atomic mass is 16.3. The van der Waals surface area contributed by atoms with Crippen molar-refractivity contribution in [2.75, 3.05) is 6.54 Å². The van der Waals surface area contributed by atoms with Gasteiger partial charge in [-0.15, -0.1) is 0 Å². The Morgan fingerprint density at radius 1 is 1.47 bits per heavy atom. The average Bonchev–Trinajstić information content (AvgIpc) is 2.63. The van der Waals surface area contributed by atoms with Gasteiger partial charge in [0.2, 0.25) is 0 Å². The second kappa shape index (κ2) is 4.59. The topological polar surface area (TPSA) is 91.1 Å². The van der Waals surface area contributed by atoms with E-state index in [0.717, 1.165) is 5.69 Å². The van der Waals surface area contributed by atoms with E-state index in [0.29, 0.717) is 23.0 Å². The van der Waals surface area contributed by atoms with E-state index in [4.69, 9.17) is 5.73 Å². The number of hydrogen-bond acceptors (Lipinski definition) is 3. The van der Waals surface area contributed by atoms with Crippen molar-refractivity contribution in [1.29, 1.82) is 0 Å². The maximum absolute atomic E-state index is 12.2. The van der Waals surface area contributed by atoms with E-state index in [9.17, 15) is 9.90 Å². The van der Waals surface area contributed by atoms with Crippen LogP contribution in [0.3, 0.4) is 0 Å². The van der Waals surface area contributed by atoms with Crippen molar-refractivity contribution in [2.24, 2.45) is 5.73 Å². The van der Waals surface area contributed by atoms with Crippen molar-refractivity contribution in [3.05, 3.63) is 29.5 Å². The van der Waals surface area contributed by atoms with Crippen molar-refractivity contribution in [3.8, 4) is 5.75 Å². The number of fused-ring (bicyclic) bond motifs is 1. The van der Waals surface area contributed by atoms with E-state index in [2.05, 4.69) is 10.3 Å². The molecule has 19 heavy (non-hydrogen) atoms. The summed E-state index contributed by atoms with van der Waals surface area (Å²) in [5.74, 6) is -0.0494. The molecule has 0 saturated heterocycles. The monoisotopic (exact) mass is 261 g/mol. The second-order valence-corrected chi connectivity index (χ2v) is 5.50. The Hall–Kier alpha value is -2.01. The Morgan fingerprint density at radius 2 is 2.16 bits per heavy atom. The minimum atomic E-state index is -0.461. The van der Waals surface area contributed by atoms with Gasteiger partial charge in [-0.1, -0.05) is 12.1 Å². The molecule has 5 nitrogen and oxygen atoms in total. The molecule has 0 saturated carbocycles. The molecule has 1 amide bonds. The molecular weight excluding hydrogens is 242 g/mol. The maximum atomic E-state index is 12.2. The lowest BCUT2D eigenvalue weighted by Gasteiger charge is -2.18. The van der Waals surface area contributed by atoms with Crippen LogP contribution in [-0.4, -0.2) is 28.1 Å². The first-order chi connectivity index (χ1) is 8.79. The van der Waals surface area contributed by atoms with Gasteiger partial charge in [-0.2, -0.15) is 0 Å². The molecule has 0 radical (unpaired) electrons. The van der Waals surface area contributed by atoms with Gasteiger partial charge in [-0.05, 0) is 26.8 Å². The highest BCUT2D eigenvalue weighted by Crippen LogP contribution is 2.28. The van der Waals surface area contributed by atoms with Crippen LogP contribution in [0.1, 0.15) is 29.9 Å². The lowest BCUT2D eigenvalue weighted by Crippen LogP contribution is -2.45. The predicted octanol–water partition coefficient (Wildman–Crippen LogP) is 1.65. The molecule has 0 spiro atoms. The third kappa shape index (κ3) is 2.71. The molecule has 5 heteroatoms. The minimum absolute atomic E-state index is 0.138. The maximum Gasteiger partial charge on any atom is 0.253 e. The molecular formula is C14H19N3O2. The number of H-pyrrole nitrogens is 1. The van der Waals surface area contributed by atoms with Gasteiger partial charge in [0.25, 0.3) is 5.91 Å². The first kappa shape index (κ1) is 13.4. The minimum Gasteiger partial charge on any atom is -0.506 e. The van der Waals surface area contributed by atoms with Crippen molar-refractivity contribution in [3.63, 3.8) is 0 Å². The molecule has 0 aliphatic heterocycles. The van der Waals surface area contributed by atoms with Crippen molar-refractivity contribution < 1.29 is 9.90 Å². The molecule has 0 aliphatic carbocycles. The van der Waals surface area contributed by atoms with E-state index in [1.54, 1.807) is 18.2 Å². The molecule has 5 N–H and O–H groups in total. The Bertz CT molecular complexity index is 623. The first-order valence-electron chi connectivity index (χ1n) is 6.17. The number of aryl methyl sites for hydroxylation is 1. The number of phenolic OH excluding ortho intramolecular Hbond substituents is 1. The van der Waals surface area contributed by atoms with Crippen LogP contribution in [0.2, 0.25) is 0 Å². The van der Waals surface area contributed by atoms with Crippen LogP contribution in [0, 0.1) is 6.92 Å². The SMILES string of the molecule is Cc1[nH]c2c(O)cccc2c1C(=O)NCC(C)(C)N. The summed E-state index contributed by atoms with van der Waals surface area (Å²) in [6.07, 6.45) is 0. The van der Waals surface area contributed by atoms with Crippen LogP contribution in [0.5, 0.6) is 5.75 Å². The van der Waals surface area contributed by atoms with E-state index < -0.39 is 5.54 Å². The lowest BCUT2D eigenvalue weighted by molar-refractivity contribution is 0.0947. The van der Waals surface area contributed by atoms with Gasteiger partial charge in [-0.3, -0.25) is 4.79 Å².